The third-order valence-electron chi connectivity index (χ3n) is 5.15. The highest BCUT2D eigenvalue weighted by molar-refractivity contribution is 6.33. The molecule has 0 spiro atoms. The first-order chi connectivity index (χ1) is 11.4. The normalized spacial score (nSPS) is 21.9. The largest absolute Gasteiger partial charge is 0.387 e. The summed E-state index contributed by atoms with van der Waals surface area (Å²) in [5, 5.41) is 7.42. The lowest BCUT2D eigenvalue weighted by molar-refractivity contribution is -0.119. The lowest BCUT2D eigenvalue weighted by Gasteiger charge is -2.36. The second-order valence-electron chi connectivity index (χ2n) is 7.72. The lowest BCUT2D eigenvalue weighted by Crippen LogP contribution is -2.44. The summed E-state index contributed by atoms with van der Waals surface area (Å²) in [7, 11) is 1.87. The van der Waals surface area contributed by atoms with Gasteiger partial charge in [-0.3, -0.25) is 4.79 Å². The molecule has 1 fully saturated rings. The molecule has 1 aliphatic carbocycles. The standard InChI is InChI=1S/C20H27ClN2O/c1-20(2)12-14-9-16(21)18(22-3)10-15(14)17(23-20)11-19(24)13-7-5-4-6-8-13/h9-11,13,22-23H,4-8,12H2,1-3H3. The van der Waals surface area contributed by atoms with Crippen molar-refractivity contribution in [3.05, 3.63) is 34.4 Å². The summed E-state index contributed by atoms with van der Waals surface area (Å²) in [4.78, 5) is 12.8. The number of carbonyl (C=O) groups excluding carboxylic acids is 1. The second kappa shape index (κ2) is 6.79. The Morgan fingerprint density at radius 1 is 1.29 bits per heavy atom. The average Bonchev–Trinajstić information content (AvgIpc) is 2.54. The molecule has 1 aliphatic heterocycles. The van der Waals surface area contributed by atoms with E-state index >= 15 is 0 Å². The Labute approximate surface area is 149 Å². The Kier molecular flexibility index (Phi) is 4.91. The molecule has 1 aromatic rings. The van der Waals surface area contributed by atoms with Gasteiger partial charge < -0.3 is 10.6 Å². The number of hydrogen-bond donors (Lipinski definition) is 2. The van der Waals surface area contributed by atoms with E-state index < -0.39 is 0 Å². The van der Waals surface area contributed by atoms with Crippen LogP contribution in [0.25, 0.3) is 5.70 Å². The van der Waals surface area contributed by atoms with Gasteiger partial charge in [0.1, 0.15) is 0 Å². The molecule has 0 amide bonds. The van der Waals surface area contributed by atoms with E-state index in [1.165, 1.54) is 24.8 Å². The van der Waals surface area contributed by atoms with Crippen LogP contribution in [0.2, 0.25) is 5.02 Å². The van der Waals surface area contributed by atoms with Crippen LogP contribution in [0.15, 0.2) is 18.2 Å². The summed E-state index contributed by atoms with van der Waals surface area (Å²) in [6, 6.07) is 4.09. The predicted octanol–water partition coefficient (Wildman–Crippen LogP) is 4.80. The van der Waals surface area contributed by atoms with Crippen molar-refractivity contribution >= 4 is 28.8 Å². The van der Waals surface area contributed by atoms with Crippen molar-refractivity contribution in [1.29, 1.82) is 0 Å². The molecule has 2 N–H and O–H groups in total. The molecule has 0 bridgehead atoms. The Morgan fingerprint density at radius 2 is 2.00 bits per heavy atom. The van der Waals surface area contributed by atoms with Gasteiger partial charge in [0, 0.05) is 35.8 Å². The van der Waals surface area contributed by atoms with Gasteiger partial charge in [-0.15, -0.1) is 0 Å². The fourth-order valence-electron chi connectivity index (χ4n) is 3.92. The van der Waals surface area contributed by atoms with Crippen molar-refractivity contribution in [2.24, 2.45) is 5.92 Å². The van der Waals surface area contributed by atoms with Crippen LogP contribution in [-0.4, -0.2) is 18.4 Å². The van der Waals surface area contributed by atoms with Crippen LogP contribution in [0, 0.1) is 5.92 Å². The minimum absolute atomic E-state index is 0.0871. The first-order valence-corrected chi connectivity index (χ1v) is 9.32. The molecule has 1 heterocycles. The molecule has 1 aromatic carbocycles. The van der Waals surface area contributed by atoms with Gasteiger partial charge in [-0.25, -0.2) is 0 Å². The Bertz CT molecular complexity index is 672. The molecule has 4 heteroatoms. The van der Waals surface area contributed by atoms with Crippen molar-refractivity contribution in [2.75, 3.05) is 12.4 Å². The van der Waals surface area contributed by atoms with E-state index in [0.29, 0.717) is 0 Å². The van der Waals surface area contributed by atoms with E-state index in [0.717, 1.165) is 41.2 Å². The van der Waals surface area contributed by atoms with Gasteiger partial charge in [0.05, 0.1) is 10.7 Å². The smallest absolute Gasteiger partial charge is 0.160 e. The average molecular weight is 347 g/mol. The molecular weight excluding hydrogens is 320 g/mol. The summed E-state index contributed by atoms with van der Waals surface area (Å²) in [5.41, 5.74) is 4.03. The molecule has 2 aliphatic rings. The number of benzene rings is 1. The van der Waals surface area contributed by atoms with E-state index in [1.54, 1.807) is 0 Å². The van der Waals surface area contributed by atoms with Crippen molar-refractivity contribution in [3.63, 3.8) is 0 Å². The number of rotatable bonds is 3. The Balaban J connectivity index is 1.98. The number of allylic oxidation sites excluding steroid dienone is 1. The van der Waals surface area contributed by atoms with Crippen molar-refractivity contribution in [3.8, 4) is 0 Å². The van der Waals surface area contributed by atoms with Crippen molar-refractivity contribution < 1.29 is 4.79 Å². The number of carbonyl (C=O) groups is 1. The lowest BCUT2D eigenvalue weighted by atomic mass is 9.83. The number of nitrogens with one attached hydrogen (secondary N) is 2. The zero-order valence-electron chi connectivity index (χ0n) is 14.8. The fourth-order valence-corrected chi connectivity index (χ4v) is 4.20. The molecule has 0 saturated heterocycles. The molecule has 0 aromatic heterocycles. The summed E-state index contributed by atoms with van der Waals surface area (Å²) >= 11 is 6.36. The Morgan fingerprint density at radius 3 is 2.67 bits per heavy atom. The number of ketones is 1. The van der Waals surface area contributed by atoms with Gasteiger partial charge in [-0.05, 0) is 50.8 Å². The first-order valence-electron chi connectivity index (χ1n) is 8.94. The van der Waals surface area contributed by atoms with Gasteiger partial charge in [0.2, 0.25) is 0 Å². The highest BCUT2D eigenvalue weighted by atomic mass is 35.5. The van der Waals surface area contributed by atoms with Crippen molar-refractivity contribution in [1.82, 2.24) is 5.32 Å². The fraction of sp³-hybridized carbons (Fsp3) is 0.550. The van der Waals surface area contributed by atoms with Gasteiger partial charge in [0.15, 0.2) is 5.78 Å². The quantitative estimate of drug-likeness (QED) is 0.773. The van der Waals surface area contributed by atoms with Gasteiger partial charge >= 0.3 is 0 Å². The number of hydrogen-bond acceptors (Lipinski definition) is 3. The van der Waals surface area contributed by atoms with E-state index in [9.17, 15) is 4.79 Å². The van der Waals surface area contributed by atoms with E-state index in [1.807, 2.05) is 19.2 Å². The zero-order valence-corrected chi connectivity index (χ0v) is 15.6. The topological polar surface area (TPSA) is 41.1 Å². The molecule has 0 atom stereocenters. The van der Waals surface area contributed by atoms with Crippen molar-refractivity contribution in [2.45, 2.75) is 57.9 Å². The maximum atomic E-state index is 12.8. The van der Waals surface area contributed by atoms with Gasteiger partial charge in [0.25, 0.3) is 0 Å². The predicted molar refractivity (Wildman–Crippen MR) is 101 cm³/mol. The molecule has 0 unspecified atom stereocenters. The van der Waals surface area contributed by atoms with Crippen LogP contribution in [0.1, 0.15) is 57.1 Å². The number of fused-ring (bicyclic) bond motifs is 1. The van der Waals surface area contributed by atoms with Crippen LogP contribution in [0.4, 0.5) is 5.69 Å². The summed E-state index contributed by atoms with van der Waals surface area (Å²) < 4.78 is 0. The molecule has 1 saturated carbocycles. The van der Waals surface area contributed by atoms with Crippen LogP contribution in [-0.2, 0) is 11.2 Å². The minimum Gasteiger partial charge on any atom is -0.387 e. The van der Waals surface area contributed by atoms with Crippen LogP contribution in [0.5, 0.6) is 0 Å². The van der Waals surface area contributed by atoms with Gasteiger partial charge in [-0.2, -0.15) is 0 Å². The van der Waals surface area contributed by atoms with E-state index in [4.69, 9.17) is 11.6 Å². The third-order valence-corrected chi connectivity index (χ3v) is 5.46. The van der Waals surface area contributed by atoms with E-state index in [2.05, 4.69) is 30.5 Å². The van der Waals surface area contributed by atoms with Crippen LogP contribution >= 0.6 is 11.6 Å². The molecule has 0 radical (unpaired) electrons. The highest BCUT2D eigenvalue weighted by Gasteiger charge is 2.30. The molecule has 24 heavy (non-hydrogen) atoms. The summed E-state index contributed by atoms with van der Waals surface area (Å²) in [6.07, 6.45) is 8.40. The van der Waals surface area contributed by atoms with Crippen LogP contribution < -0.4 is 10.6 Å². The number of anilines is 1. The highest BCUT2D eigenvalue weighted by Crippen LogP contribution is 2.36. The molecule has 130 valence electrons. The maximum absolute atomic E-state index is 12.8. The maximum Gasteiger partial charge on any atom is 0.160 e. The van der Waals surface area contributed by atoms with Crippen LogP contribution in [0.3, 0.4) is 0 Å². The first kappa shape index (κ1) is 17.3. The summed E-state index contributed by atoms with van der Waals surface area (Å²) in [6.45, 7) is 4.32. The number of halogens is 1. The summed E-state index contributed by atoms with van der Waals surface area (Å²) in [5.74, 6) is 0.458. The zero-order chi connectivity index (χ0) is 17.3. The van der Waals surface area contributed by atoms with Gasteiger partial charge in [-0.1, -0.05) is 30.9 Å². The van der Waals surface area contributed by atoms with E-state index in [-0.39, 0.29) is 17.2 Å². The Hall–Kier alpha value is -1.48. The third kappa shape index (κ3) is 3.61. The minimum atomic E-state index is -0.0871. The molecule has 3 rings (SSSR count). The molecule has 3 nitrogen and oxygen atoms in total. The SMILES string of the molecule is CNc1cc2c(cc1Cl)CC(C)(C)NC2=CC(=O)C1CCCCC1. The second-order valence-corrected chi connectivity index (χ2v) is 8.13. The monoisotopic (exact) mass is 346 g/mol. The molecular formula is C20H27ClN2O.